The number of aromatic nitrogens is 3. The van der Waals surface area contributed by atoms with E-state index in [9.17, 15) is 8.42 Å². The fourth-order valence-corrected chi connectivity index (χ4v) is 5.04. The van der Waals surface area contributed by atoms with Crippen LogP contribution in [0.3, 0.4) is 0 Å². The molecule has 1 aliphatic rings. The molecule has 0 amide bonds. The lowest BCUT2D eigenvalue weighted by Gasteiger charge is -2.37. The van der Waals surface area contributed by atoms with Gasteiger partial charge in [0.05, 0.1) is 23.3 Å². The molecule has 2 heterocycles. The van der Waals surface area contributed by atoms with E-state index in [0.717, 1.165) is 0 Å². The van der Waals surface area contributed by atoms with Crippen molar-refractivity contribution in [1.82, 2.24) is 15.0 Å². The molecule has 2 aromatic rings. The van der Waals surface area contributed by atoms with Crippen molar-refractivity contribution < 1.29 is 13.2 Å². The summed E-state index contributed by atoms with van der Waals surface area (Å²) in [6.07, 6.45) is 1.74. The molecule has 23 heavy (non-hydrogen) atoms. The number of sulfone groups is 1. The van der Waals surface area contributed by atoms with Crippen molar-refractivity contribution in [3.05, 3.63) is 41.7 Å². The normalized spacial score (nSPS) is 17.9. The Morgan fingerprint density at radius 3 is 2.83 bits per heavy atom. The smallest absolute Gasteiger partial charge is 0.151 e. The highest BCUT2D eigenvalue weighted by Crippen LogP contribution is 2.33. The summed E-state index contributed by atoms with van der Waals surface area (Å²) in [5.74, 6) is 0.865. The van der Waals surface area contributed by atoms with Crippen LogP contribution in [0, 0.1) is 16.7 Å². The zero-order chi connectivity index (χ0) is 16.5. The highest BCUT2D eigenvalue weighted by atomic mass is 32.2. The van der Waals surface area contributed by atoms with Gasteiger partial charge in [0.2, 0.25) is 0 Å². The predicted molar refractivity (Wildman–Crippen MR) is 82.3 cm³/mol. The summed E-state index contributed by atoms with van der Waals surface area (Å²) in [7, 11) is -2.87. The predicted octanol–water partition coefficient (Wildman–Crippen LogP) is 1.16. The van der Waals surface area contributed by atoms with Crippen molar-refractivity contribution >= 4 is 9.84 Å². The third-order valence-electron chi connectivity index (χ3n) is 3.65. The number of ether oxygens (including phenoxy) is 1. The lowest BCUT2D eigenvalue weighted by atomic mass is 9.95. The van der Waals surface area contributed by atoms with Gasteiger partial charge in [-0.15, -0.1) is 5.10 Å². The molecule has 1 saturated heterocycles. The minimum absolute atomic E-state index is 0.182. The van der Waals surface area contributed by atoms with E-state index in [0.29, 0.717) is 23.6 Å². The van der Waals surface area contributed by atoms with E-state index in [2.05, 4.69) is 16.4 Å². The molecule has 0 aliphatic carbocycles. The Morgan fingerprint density at radius 1 is 1.39 bits per heavy atom. The first kappa shape index (κ1) is 15.5. The van der Waals surface area contributed by atoms with Gasteiger partial charge in [-0.2, -0.15) is 5.26 Å². The molecule has 3 rings (SSSR count). The number of hydrogen-bond acceptors (Lipinski definition) is 6. The van der Waals surface area contributed by atoms with Crippen LogP contribution in [0.4, 0.5) is 0 Å². The first-order chi connectivity index (χ1) is 10.9. The topological polar surface area (TPSA) is 97.9 Å². The van der Waals surface area contributed by atoms with E-state index in [1.54, 1.807) is 35.1 Å². The van der Waals surface area contributed by atoms with Crippen LogP contribution < -0.4 is 4.74 Å². The summed E-state index contributed by atoms with van der Waals surface area (Å²) >= 11 is 0. The van der Waals surface area contributed by atoms with Crippen molar-refractivity contribution in [2.45, 2.75) is 20.1 Å². The molecule has 1 aromatic heterocycles. The number of para-hydroxylation sites is 1. The van der Waals surface area contributed by atoms with Crippen LogP contribution in [0.1, 0.15) is 18.2 Å². The van der Waals surface area contributed by atoms with Crippen LogP contribution in [-0.2, 0) is 23.0 Å². The summed E-state index contributed by atoms with van der Waals surface area (Å²) in [5, 5.41) is 17.0. The molecule has 1 aliphatic heterocycles. The van der Waals surface area contributed by atoms with Gasteiger partial charge in [0.15, 0.2) is 9.84 Å². The number of nitrogens with zero attached hydrogens (tertiary/aromatic N) is 4. The summed E-state index contributed by atoms with van der Waals surface area (Å²) in [6.45, 7) is 2.64. The Balaban J connectivity index is 1.61. The number of rotatable bonds is 5. The number of nitriles is 1. The molecular formula is C15H16N4O3S. The second-order valence-electron chi connectivity index (χ2n) is 6.15. The summed E-state index contributed by atoms with van der Waals surface area (Å²) in [6, 6.07) is 9.05. The highest BCUT2D eigenvalue weighted by Gasteiger charge is 2.45. The molecule has 0 saturated carbocycles. The molecule has 0 bridgehead atoms. The molecule has 0 spiro atoms. The molecule has 7 nitrogen and oxygen atoms in total. The molecule has 1 aromatic carbocycles. The summed E-state index contributed by atoms with van der Waals surface area (Å²) in [4.78, 5) is 0. The third kappa shape index (κ3) is 3.51. The second-order valence-corrected chi connectivity index (χ2v) is 8.21. The third-order valence-corrected chi connectivity index (χ3v) is 5.92. The maximum Gasteiger partial charge on any atom is 0.151 e. The summed E-state index contributed by atoms with van der Waals surface area (Å²) < 4.78 is 29.9. The van der Waals surface area contributed by atoms with E-state index >= 15 is 0 Å². The number of benzene rings is 1. The average Bonchev–Trinajstić information content (AvgIpc) is 2.90. The van der Waals surface area contributed by atoms with Crippen LogP contribution in [0.15, 0.2) is 30.5 Å². The standard InChI is InChI=1S/C15H16N4O3S/c1-15(10-23(20,21)11-15)9-19-7-13(17-18-19)8-22-14-5-3-2-4-12(14)6-16/h2-5,7H,8-11H2,1H3. The second kappa shape index (κ2) is 5.66. The Kier molecular flexibility index (Phi) is 3.82. The largest absolute Gasteiger partial charge is 0.486 e. The van der Waals surface area contributed by atoms with Gasteiger partial charge in [-0.25, -0.2) is 8.42 Å². The monoisotopic (exact) mass is 332 g/mol. The van der Waals surface area contributed by atoms with Gasteiger partial charge >= 0.3 is 0 Å². The van der Waals surface area contributed by atoms with Crippen LogP contribution in [0.2, 0.25) is 0 Å². The SMILES string of the molecule is CC1(Cn2cc(COc3ccccc3C#N)nn2)CS(=O)(=O)C1. The minimum Gasteiger partial charge on any atom is -0.486 e. The van der Waals surface area contributed by atoms with Crippen LogP contribution in [-0.4, -0.2) is 34.9 Å². The maximum atomic E-state index is 11.3. The van der Waals surface area contributed by atoms with Crippen LogP contribution in [0.5, 0.6) is 5.75 Å². The Morgan fingerprint density at radius 2 is 2.13 bits per heavy atom. The first-order valence-corrected chi connectivity index (χ1v) is 8.93. The number of hydrogen-bond donors (Lipinski definition) is 0. The Hall–Kier alpha value is -2.40. The molecular weight excluding hydrogens is 316 g/mol. The van der Waals surface area contributed by atoms with E-state index in [-0.39, 0.29) is 23.5 Å². The molecule has 0 radical (unpaired) electrons. The van der Waals surface area contributed by atoms with E-state index in [1.807, 2.05) is 6.92 Å². The minimum atomic E-state index is -2.87. The molecule has 0 N–H and O–H groups in total. The first-order valence-electron chi connectivity index (χ1n) is 7.11. The molecule has 8 heteroatoms. The fourth-order valence-electron chi connectivity index (χ4n) is 2.82. The van der Waals surface area contributed by atoms with Gasteiger partial charge in [0.1, 0.15) is 24.1 Å². The average molecular weight is 332 g/mol. The zero-order valence-electron chi connectivity index (χ0n) is 12.6. The van der Waals surface area contributed by atoms with Gasteiger partial charge in [0.25, 0.3) is 0 Å². The van der Waals surface area contributed by atoms with Gasteiger partial charge in [-0.05, 0) is 12.1 Å². The van der Waals surface area contributed by atoms with Crippen molar-refractivity contribution in [1.29, 1.82) is 5.26 Å². The highest BCUT2D eigenvalue weighted by molar-refractivity contribution is 7.92. The van der Waals surface area contributed by atoms with Crippen LogP contribution in [0.25, 0.3) is 0 Å². The molecule has 0 atom stereocenters. The lowest BCUT2D eigenvalue weighted by Crippen LogP contribution is -2.48. The van der Waals surface area contributed by atoms with Gasteiger partial charge in [-0.3, -0.25) is 4.68 Å². The van der Waals surface area contributed by atoms with Gasteiger partial charge < -0.3 is 4.74 Å². The lowest BCUT2D eigenvalue weighted by molar-refractivity contribution is 0.295. The van der Waals surface area contributed by atoms with Gasteiger partial charge in [0, 0.05) is 12.0 Å². The van der Waals surface area contributed by atoms with Crippen molar-refractivity contribution in [2.24, 2.45) is 5.41 Å². The summed E-state index contributed by atoms with van der Waals surface area (Å²) in [5.41, 5.74) is 0.813. The quantitative estimate of drug-likeness (QED) is 0.815. The van der Waals surface area contributed by atoms with Crippen LogP contribution >= 0.6 is 0 Å². The van der Waals surface area contributed by atoms with Crippen molar-refractivity contribution in [2.75, 3.05) is 11.5 Å². The van der Waals surface area contributed by atoms with Gasteiger partial charge in [-0.1, -0.05) is 24.3 Å². The molecule has 1 fully saturated rings. The van der Waals surface area contributed by atoms with E-state index < -0.39 is 9.84 Å². The van der Waals surface area contributed by atoms with Crippen molar-refractivity contribution in [3.63, 3.8) is 0 Å². The molecule has 0 unspecified atom stereocenters. The zero-order valence-corrected chi connectivity index (χ0v) is 13.5. The molecule has 120 valence electrons. The Labute approximate surface area is 134 Å². The van der Waals surface area contributed by atoms with Crippen molar-refractivity contribution in [3.8, 4) is 11.8 Å². The van der Waals surface area contributed by atoms with E-state index in [4.69, 9.17) is 10.00 Å². The Bertz CT molecular complexity index is 855. The van der Waals surface area contributed by atoms with E-state index in [1.165, 1.54) is 0 Å². The fraction of sp³-hybridized carbons (Fsp3) is 0.400. The maximum absolute atomic E-state index is 11.3.